The van der Waals surface area contributed by atoms with Crippen molar-refractivity contribution in [2.24, 2.45) is 0 Å². The van der Waals surface area contributed by atoms with Crippen molar-refractivity contribution in [3.05, 3.63) is 57.6 Å². The Kier molecular flexibility index (Phi) is 4.45. The molecule has 2 aromatic carbocycles. The molecule has 0 saturated heterocycles. The fourth-order valence-corrected chi connectivity index (χ4v) is 2.28. The zero-order chi connectivity index (χ0) is 14.7. The maximum absolute atomic E-state index is 12.1. The van der Waals surface area contributed by atoms with E-state index in [1.165, 1.54) is 11.1 Å². The number of amides is 1. The topological polar surface area (TPSA) is 55.1 Å². The number of nitrogens with two attached hydrogens (primary N) is 1. The molecule has 4 heteroatoms. The van der Waals surface area contributed by atoms with E-state index in [0.717, 1.165) is 10.0 Å². The zero-order valence-electron chi connectivity index (χ0n) is 11.5. The lowest BCUT2D eigenvalue weighted by Crippen LogP contribution is -2.15. The van der Waals surface area contributed by atoms with Gasteiger partial charge < -0.3 is 11.1 Å². The number of nitrogens with one attached hydrogen (secondary N) is 1. The first-order chi connectivity index (χ1) is 9.45. The first-order valence-corrected chi connectivity index (χ1v) is 7.16. The summed E-state index contributed by atoms with van der Waals surface area (Å²) in [4.78, 5) is 12.1. The SMILES string of the molecule is Cc1ccc(CC(=O)Nc2cc(N)ccc2Br)cc1C. The van der Waals surface area contributed by atoms with Crippen LogP contribution in [-0.2, 0) is 11.2 Å². The Labute approximate surface area is 127 Å². The molecular weight excluding hydrogens is 316 g/mol. The second-order valence-corrected chi connectivity index (χ2v) is 5.74. The molecule has 0 aliphatic heterocycles. The van der Waals surface area contributed by atoms with E-state index in [1.807, 2.05) is 31.2 Å². The Morgan fingerprint density at radius 2 is 1.90 bits per heavy atom. The quantitative estimate of drug-likeness (QED) is 0.839. The minimum absolute atomic E-state index is 0.0560. The minimum atomic E-state index is -0.0560. The van der Waals surface area contributed by atoms with Crippen molar-refractivity contribution in [3.63, 3.8) is 0 Å². The highest BCUT2D eigenvalue weighted by atomic mass is 79.9. The number of halogens is 1. The van der Waals surface area contributed by atoms with Crippen molar-refractivity contribution >= 4 is 33.2 Å². The van der Waals surface area contributed by atoms with Crippen LogP contribution in [0, 0.1) is 13.8 Å². The number of aryl methyl sites for hydroxylation is 2. The van der Waals surface area contributed by atoms with E-state index >= 15 is 0 Å². The van der Waals surface area contributed by atoms with Crippen molar-refractivity contribution in [2.75, 3.05) is 11.1 Å². The predicted octanol–water partition coefficient (Wildman–Crippen LogP) is 3.83. The van der Waals surface area contributed by atoms with Gasteiger partial charge in [0.2, 0.25) is 5.91 Å². The van der Waals surface area contributed by atoms with Gasteiger partial charge >= 0.3 is 0 Å². The summed E-state index contributed by atoms with van der Waals surface area (Å²) in [6, 6.07) is 11.4. The molecule has 0 aliphatic carbocycles. The lowest BCUT2D eigenvalue weighted by molar-refractivity contribution is -0.115. The minimum Gasteiger partial charge on any atom is -0.399 e. The highest BCUT2D eigenvalue weighted by Crippen LogP contribution is 2.24. The van der Waals surface area contributed by atoms with Crippen molar-refractivity contribution in [2.45, 2.75) is 20.3 Å². The third-order valence-corrected chi connectivity index (χ3v) is 3.89. The fourth-order valence-electron chi connectivity index (χ4n) is 1.93. The van der Waals surface area contributed by atoms with E-state index in [2.05, 4.69) is 28.2 Å². The predicted molar refractivity (Wildman–Crippen MR) is 86.8 cm³/mol. The third kappa shape index (κ3) is 3.61. The second-order valence-electron chi connectivity index (χ2n) is 4.88. The van der Waals surface area contributed by atoms with Gasteiger partial charge in [-0.2, -0.15) is 0 Å². The number of anilines is 2. The summed E-state index contributed by atoms with van der Waals surface area (Å²) < 4.78 is 0.820. The van der Waals surface area contributed by atoms with Crippen LogP contribution in [0.1, 0.15) is 16.7 Å². The van der Waals surface area contributed by atoms with E-state index in [-0.39, 0.29) is 5.91 Å². The Bertz CT molecular complexity index is 653. The normalized spacial score (nSPS) is 10.3. The van der Waals surface area contributed by atoms with Gasteiger partial charge in [-0.3, -0.25) is 4.79 Å². The molecule has 0 bridgehead atoms. The molecule has 2 aromatic rings. The molecule has 3 nitrogen and oxygen atoms in total. The largest absolute Gasteiger partial charge is 0.399 e. The molecule has 3 N–H and O–H groups in total. The van der Waals surface area contributed by atoms with Gasteiger partial charge in [0.05, 0.1) is 12.1 Å². The summed E-state index contributed by atoms with van der Waals surface area (Å²) in [5.74, 6) is -0.0560. The second kappa shape index (κ2) is 6.09. The molecule has 0 heterocycles. The van der Waals surface area contributed by atoms with Crippen LogP contribution >= 0.6 is 15.9 Å². The van der Waals surface area contributed by atoms with E-state index in [9.17, 15) is 4.79 Å². The van der Waals surface area contributed by atoms with Gasteiger partial charge in [0.1, 0.15) is 0 Å². The summed E-state index contributed by atoms with van der Waals surface area (Å²) >= 11 is 3.40. The molecule has 2 rings (SSSR count). The van der Waals surface area contributed by atoms with Crippen LogP contribution in [0.3, 0.4) is 0 Å². The molecular formula is C16H17BrN2O. The average molecular weight is 333 g/mol. The van der Waals surface area contributed by atoms with Crippen molar-refractivity contribution < 1.29 is 4.79 Å². The highest BCUT2D eigenvalue weighted by Gasteiger charge is 2.07. The van der Waals surface area contributed by atoms with E-state index in [4.69, 9.17) is 5.73 Å². The number of rotatable bonds is 3. The molecule has 104 valence electrons. The van der Waals surface area contributed by atoms with Gasteiger partial charge in [-0.15, -0.1) is 0 Å². The number of hydrogen-bond donors (Lipinski definition) is 2. The van der Waals surface area contributed by atoms with E-state index in [0.29, 0.717) is 17.8 Å². The van der Waals surface area contributed by atoms with Crippen molar-refractivity contribution in [3.8, 4) is 0 Å². The summed E-state index contributed by atoms with van der Waals surface area (Å²) in [5.41, 5.74) is 10.5. The summed E-state index contributed by atoms with van der Waals surface area (Å²) in [5, 5.41) is 2.87. The molecule has 0 aromatic heterocycles. The van der Waals surface area contributed by atoms with Gasteiger partial charge in [0.25, 0.3) is 0 Å². The maximum atomic E-state index is 12.1. The van der Waals surface area contributed by atoms with E-state index in [1.54, 1.807) is 12.1 Å². The Morgan fingerprint density at radius 3 is 2.60 bits per heavy atom. The van der Waals surface area contributed by atoms with Crippen LogP contribution in [0.4, 0.5) is 11.4 Å². The molecule has 0 atom stereocenters. The Balaban J connectivity index is 2.09. The number of carbonyl (C=O) groups excluding carboxylic acids is 1. The Morgan fingerprint density at radius 1 is 1.15 bits per heavy atom. The number of carbonyl (C=O) groups is 1. The molecule has 20 heavy (non-hydrogen) atoms. The van der Waals surface area contributed by atoms with Gasteiger partial charge in [-0.05, 0) is 64.7 Å². The number of hydrogen-bond acceptors (Lipinski definition) is 2. The van der Waals surface area contributed by atoms with Crippen molar-refractivity contribution in [1.29, 1.82) is 0 Å². The lowest BCUT2D eigenvalue weighted by Gasteiger charge is -2.09. The number of benzene rings is 2. The molecule has 0 aliphatic rings. The van der Waals surface area contributed by atoms with Gasteiger partial charge in [-0.1, -0.05) is 18.2 Å². The molecule has 1 amide bonds. The monoisotopic (exact) mass is 332 g/mol. The zero-order valence-corrected chi connectivity index (χ0v) is 13.1. The molecule has 0 spiro atoms. The van der Waals surface area contributed by atoms with Crippen LogP contribution < -0.4 is 11.1 Å². The van der Waals surface area contributed by atoms with Crippen LogP contribution in [0.2, 0.25) is 0 Å². The maximum Gasteiger partial charge on any atom is 0.228 e. The van der Waals surface area contributed by atoms with E-state index < -0.39 is 0 Å². The highest BCUT2D eigenvalue weighted by molar-refractivity contribution is 9.10. The molecule has 0 unspecified atom stereocenters. The lowest BCUT2D eigenvalue weighted by atomic mass is 10.0. The van der Waals surface area contributed by atoms with Crippen LogP contribution in [0.15, 0.2) is 40.9 Å². The smallest absolute Gasteiger partial charge is 0.228 e. The third-order valence-electron chi connectivity index (χ3n) is 3.20. The number of nitrogen functional groups attached to an aromatic ring is 1. The molecule has 0 radical (unpaired) electrons. The molecule has 0 fully saturated rings. The first-order valence-electron chi connectivity index (χ1n) is 6.36. The molecule has 0 saturated carbocycles. The van der Waals surface area contributed by atoms with Gasteiger partial charge in [-0.25, -0.2) is 0 Å². The van der Waals surface area contributed by atoms with Crippen molar-refractivity contribution in [1.82, 2.24) is 0 Å². The van der Waals surface area contributed by atoms with Crippen LogP contribution in [0.25, 0.3) is 0 Å². The van der Waals surface area contributed by atoms with Crippen LogP contribution in [0.5, 0.6) is 0 Å². The summed E-state index contributed by atoms with van der Waals surface area (Å²) in [6.45, 7) is 4.11. The van der Waals surface area contributed by atoms with Crippen LogP contribution in [-0.4, -0.2) is 5.91 Å². The fraction of sp³-hybridized carbons (Fsp3) is 0.188. The standard InChI is InChI=1S/C16H17BrN2O/c1-10-3-4-12(7-11(10)2)8-16(20)19-15-9-13(18)5-6-14(15)17/h3-7,9H,8,18H2,1-2H3,(H,19,20). The van der Waals surface area contributed by atoms with Gasteiger partial charge in [0, 0.05) is 10.2 Å². The summed E-state index contributed by atoms with van der Waals surface area (Å²) in [6.07, 6.45) is 0.350. The summed E-state index contributed by atoms with van der Waals surface area (Å²) in [7, 11) is 0. The Hall–Kier alpha value is -1.81. The average Bonchev–Trinajstić information content (AvgIpc) is 2.38. The van der Waals surface area contributed by atoms with Gasteiger partial charge in [0.15, 0.2) is 0 Å². The first kappa shape index (κ1) is 14.6.